The molecule has 5 heteroatoms. The van der Waals surface area contributed by atoms with Crippen molar-refractivity contribution in [2.24, 2.45) is 5.73 Å². The summed E-state index contributed by atoms with van der Waals surface area (Å²) in [6.07, 6.45) is 2.56. The monoisotopic (exact) mass is 313 g/mol. The van der Waals surface area contributed by atoms with Gasteiger partial charge in [-0.15, -0.1) is 0 Å². The Morgan fingerprint density at radius 1 is 1.13 bits per heavy atom. The van der Waals surface area contributed by atoms with E-state index in [9.17, 15) is 4.79 Å². The normalized spacial score (nSPS) is 15.8. The van der Waals surface area contributed by atoms with E-state index in [2.05, 4.69) is 29.2 Å². The SMILES string of the molecule is NCc1cc(C(=O)N2CCN(CCc3ccccc3)CC2)co1. The Labute approximate surface area is 136 Å². The fourth-order valence-electron chi connectivity index (χ4n) is 2.89. The van der Waals surface area contributed by atoms with Crippen molar-refractivity contribution in [1.29, 1.82) is 0 Å². The minimum Gasteiger partial charge on any atom is -0.467 e. The van der Waals surface area contributed by atoms with E-state index in [-0.39, 0.29) is 5.91 Å². The fraction of sp³-hybridized carbons (Fsp3) is 0.389. The van der Waals surface area contributed by atoms with Gasteiger partial charge in [-0.1, -0.05) is 30.3 Å². The molecule has 23 heavy (non-hydrogen) atoms. The molecular formula is C18H23N3O2. The van der Waals surface area contributed by atoms with Crippen LogP contribution in [-0.2, 0) is 13.0 Å². The molecule has 0 aliphatic carbocycles. The third-order valence-corrected chi connectivity index (χ3v) is 4.32. The molecule has 0 atom stereocenters. The van der Waals surface area contributed by atoms with Gasteiger partial charge < -0.3 is 15.1 Å². The van der Waals surface area contributed by atoms with E-state index >= 15 is 0 Å². The summed E-state index contributed by atoms with van der Waals surface area (Å²) in [5.41, 5.74) is 7.48. The Balaban J connectivity index is 1.47. The van der Waals surface area contributed by atoms with Crippen molar-refractivity contribution < 1.29 is 9.21 Å². The highest BCUT2D eigenvalue weighted by atomic mass is 16.3. The zero-order valence-electron chi connectivity index (χ0n) is 13.3. The zero-order valence-corrected chi connectivity index (χ0v) is 13.3. The molecule has 1 amide bonds. The highest BCUT2D eigenvalue weighted by molar-refractivity contribution is 5.94. The van der Waals surface area contributed by atoms with Gasteiger partial charge in [-0.2, -0.15) is 0 Å². The van der Waals surface area contributed by atoms with Crippen LogP contribution in [0.4, 0.5) is 0 Å². The third kappa shape index (κ3) is 4.00. The maximum atomic E-state index is 12.4. The number of benzene rings is 1. The van der Waals surface area contributed by atoms with E-state index in [1.54, 1.807) is 6.07 Å². The summed E-state index contributed by atoms with van der Waals surface area (Å²) in [6, 6.07) is 12.3. The topological polar surface area (TPSA) is 62.7 Å². The minimum absolute atomic E-state index is 0.0381. The Kier molecular flexibility index (Phi) is 5.10. The summed E-state index contributed by atoms with van der Waals surface area (Å²) in [4.78, 5) is 16.7. The number of hydrogen-bond donors (Lipinski definition) is 1. The van der Waals surface area contributed by atoms with Gasteiger partial charge >= 0.3 is 0 Å². The van der Waals surface area contributed by atoms with Crippen LogP contribution >= 0.6 is 0 Å². The molecular weight excluding hydrogens is 290 g/mol. The Morgan fingerprint density at radius 3 is 2.52 bits per heavy atom. The van der Waals surface area contributed by atoms with Gasteiger partial charge in [-0.25, -0.2) is 0 Å². The van der Waals surface area contributed by atoms with Crippen molar-refractivity contribution in [3.63, 3.8) is 0 Å². The highest BCUT2D eigenvalue weighted by Crippen LogP contribution is 2.13. The zero-order chi connectivity index (χ0) is 16.1. The summed E-state index contributed by atoms with van der Waals surface area (Å²) < 4.78 is 5.25. The quantitative estimate of drug-likeness (QED) is 0.913. The van der Waals surface area contributed by atoms with E-state index in [1.807, 2.05) is 11.0 Å². The minimum atomic E-state index is 0.0381. The van der Waals surface area contributed by atoms with Gasteiger partial charge in [0.25, 0.3) is 5.91 Å². The van der Waals surface area contributed by atoms with Gasteiger partial charge in [0.2, 0.25) is 0 Å². The standard InChI is InChI=1S/C18H23N3O2/c19-13-17-12-16(14-23-17)18(22)21-10-8-20(9-11-21)7-6-15-4-2-1-3-5-15/h1-5,12,14H,6-11,13,19H2. The Hall–Kier alpha value is -2.11. The number of hydrogen-bond acceptors (Lipinski definition) is 4. The molecule has 0 bridgehead atoms. The summed E-state index contributed by atoms with van der Waals surface area (Å²) in [5.74, 6) is 0.686. The number of carbonyl (C=O) groups excluding carboxylic acids is 1. The smallest absolute Gasteiger partial charge is 0.257 e. The maximum absolute atomic E-state index is 12.4. The van der Waals surface area contributed by atoms with Crippen LogP contribution in [0.1, 0.15) is 21.7 Å². The van der Waals surface area contributed by atoms with Crippen LogP contribution in [0.25, 0.3) is 0 Å². The lowest BCUT2D eigenvalue weighted by molar-refractivity contribution is 0.0638. The molecule has 0 unspecified atom stereocenters. The van der Waals surface area contributed by atoms with Crippen LogP contribution in [0.15, 0.2) is 47.1 Å². The van der Waals surface area contributed by atoms with Crippen LogP contribution in [0.3, 0.4) is 0 Å². The summed E-state index contributed by atoms with van der Waals surface area (Å²) >= 11 is 0. The first-order valence-electron chi connectivity index (χ1n) is 8.09. The molecule has 0 spiro atoms. The van der Waals surface area contributed by atoms with Gasteiger partial charge in [0.05, 0.1) is 12.1 Å². The molecule has 0 saturated carbocycles. The van der Waals surface area contributed by atoms with Gasteiger partial charge in [0, 0.05) is 32.7 Å². The molecule has 1 aromatic heterocycles. The lowest BCUT2D eigenvalue weighted by atomic mass is 10.1. The molecule has 2 aromatic rings. The molecule has 2 heterocycles. The van der Waals surface area contributed by atoms with Gasteiger partial charge in [-0.05, 0) is 18.1 Å². The van der Waals surface area contributed by atoms with E-state index in [0.29, 0.717) is 17.9 Å². The van der Waals surface area contributed by atoms with Crippen molar-refractivity contribution in [1.82, 2.24) is 9.80 Å². The number of nitrogens with zero attached hydrogens (tertiary/aromatic N) is 2. The summed E-state index contributed by atoms with van der Waals surface area (Å²) in [6.45, 7) is 4.71. The molecule has 1 fully saturated rings. The van der Waals surface area contributed by atoms with Crippen LogP contribution in [0, 0.1) is 0 Å². The lowest BCUT2D eigenvalue weighted by Crippen LogP contribution is -2.49. The van der Waals surface area contributed by atoms with Crippen LogP contribution in [-0.4, -0.2) is 48.4 Å². The number of rotatable bonds is 5. The van der Waals surface area contributed by atoms with E-state index in [4.69, 9.17) is 10.2 Å². The lowest BCUT2D eigenvalue weighted by Gasteiger charge is -2.34. The number of piperazine rings is 1. The number of furan rings is 1. The van der Waals surface area contributed by atoms with Crippen molar-refractivity contribution in [2.75, 3.05) is 32.7 Å². The largest absolute Gasteiger partial charge is 0.467 e. The van der Waals surface area contributed by atoms with Crippen molar-refractivity contribution >= 4 is 5.91 Å². The number of amides is 1. The molecule has 2 N–H and O–H groups in total. The average molecular weight is 313 g/mol. The molecule has 5 nitrogen and oxygen atoms in total. The fourth-order valence-corrected chi connectivity index (χ4v) is 2.89. The van der Waals surface area contributed by atoms with E-state index in [0.717, 1.165) is 39.1 Å². The van der Waals surface area contributed by atoms with E-state index < -0.39 is 0 Å². The van der Waals surface area contributed by atoms with Crippen molar-refractivity contribution in [2.45, 2.75) is 13.0 Å². The molecule has 1 aliphatic heterocycles. The second kappa shape index (κ2) is 7.44. The first kappa shape index (κ1) is 15.8. The van der Waals surface area contributed by atoms with Crippen molar-refractivity contribution in [3.8, 4) is 0 Å². The molecule has 1 saturated heterocycles. The van der Waals surface area contributed by atoms with Gasteiger partial charge in [-0.3, -0.25) is 9.69 Å². The predicted molar refractivity (Wildman–Crippen MR) is 89.1 cm³/mol. The molecule has 122 valence electrons. The second-order valence-electron chi connectivity index (χ2n) is 5.88. The molecule has 1 aromatic carbocycles. The van der Waals surface area contributed by atoms with Gasteiger partial charge in [0.15, 0.2) is 0 Å². The first-order chi connectivity index (χ1) is 11.3. The summed E-state index contributed by atoms with van der Waals surface area (Å²) in [5, 5.41) is 0. The Morgan fingerprint density at radius 2 is 1.87 bits per heavy atom. The predicted octanol–water partition coefficient (Wildman–Crippen LogP) is 1.74. The van der Waals surface area contributed by atoms with E-state index in [1.165, 1.54) is 11.8 Å². The second-order valence-corrected chi connectivity index (χ2v) is 5.88. The van der Waals surface area contributed by atoms with Crippen LogP contribution < -0.4 is 5.73 Å². The third-order valence-electron chi connectivity index (χ3n) is 4.32. The van der Waals surface area contributed by atoms with Gasteiger partial charge in [0.1, 0.15) is 12.0 Å². The van der Waals surface area contributed by atoms with Crippen molar-refractivity contribution in [3.05, 3.63) is 59.5 Å². The Bertz CT molecular complexity index is 631. The number of carbonyl (C=O) groups is 1. The first-order valence-corrected chi connectivity index (χ1v) is 8.09. The van der Waals surface area contributed by atoms with Crippen LogP contribution in [0.2, 0.25) is 0 Å². The highest BCUT2D eigenvalue weighted by Gasteiger charge is 2.23. The molecule has 0 radical (unpaired) electrons. The summed E-state index contributed by atoms with van der Waals surface area (Å²) in [7, 11) is 0. The molecule has 1 aliphatic rings. The number of nitrogens with two attached hydrogens (primary N) is 1. The average Bonchev–Trinajstić information content (AvgIpc) is 3.10. The molecule has 3 rings (SSSR count). The van der Waals surface area contributed by atoms with Crippen LogP contribution in [0.5, 0.6) is 0 Å². The maximum Gasteiger partial charge on any atom is 0.257 e.